The van der Waals surface area contributed by atoms with Crippen molar-refractivity contribution in [3.8, 4) is 0 Å². The Hall–Kier alpha value is -1.66. The average molecular weight is 330 g/mol. The van der Waals surface area contributed by atoms with Crippen molar-refractivity contribution in [1.29, 1.82) is 0 Å². The minimum atomic E-state index is -4.46. The fourth-order valence-electron chi connectivity index (χ4n) is 2.55. The molecule has 2 heterocycles. The largest absolute Gasteiger partial charge is 0.408 e. The number of alkyl halides is 3. The number of rotatable bonds is 4. The molecule has 1 unspecified atom stereocenters. The summed E-state index contributed by atoms with van der Waals surface area (Å²) in [6, 6.07) is -1.82. The molecule has 1 aromatic rings. The van der Waals surface area contributed by atoms with E-state index >= 15 is 0 Å². The summed E-state index contributed by atoms with van der Waals surface area (Å²) in [6.07, 6.45) is 0.187. The van der Waals surface area contributed by atoms with E-state index in [0.29, 0.717) is 17.1 Å². The molecule has 0 aromatic carbocycles. The van der Waals surface area contributed by atoms with Crippen molar-refractivity contribution in [3.05, 3.63) is 59.2 Å². The standard InChI is InChI=1S/C15H15ClF3N3/c1-4-6-10(5-2)7-22-8-11-12(13(22)15(17,18)19)14(16)21-9(3)20-11/h4-6,13H,1-2,7-8H2,3H3/b10-6+. The maximum absolute atomic E-state index is 13.5. The molecule has 0 N–H and O–H groups in total. The summed E-state index contributed by atoms with van der Waals surface area (Å²) in [5, 5.41) is -0.139. The van der Waals surface area contributed by atoms with Gasteiger partial charge in [-0.25, -0.2) is 9.97 Å². The molecule has 0 aliphatic carbocycles. The third-order valence-corrected chi connectivity index (χ3v) is 3.66. The van der Waals surface area contributed by atoms with E-state index in [1.807, 2.05) is 0 Å². The Bertz CT molecular complexity index is 638. The number of hydrogen-bond donors (Lipinski definition) is 0. The third kappa shape index (κ3) is 3.23. The first-order chi connectivity index (χ1) is 10.3. The van der Waals surface area contributed by atoms with Crippen LogP contribution in [0.25, 0.3) is 0 Å². The van der Waals surface area contributed by atoms with Crippen molar-refractivity contribution in [2.45, 2.75) is 25.7 Å². The Morgan fingerprint density at radius 2 is 2.09 bits per heavy atom. The zero-order valence-electron chi connectivity index (χ0n) is 12.0. The van der Waals surface area contributed by atoms with Crippen LogP contribution in [0.5, 0.6) is 0 Å². The van der Waals surface area contributed by atoms with Crippen LogP contribution in [0.15, 0.2) is 37.0 Å². The van der Waals surface area contributed by atoms with Crippen LogP contribution < -0.4 is 0 Å². The maximum atomic E-state index is 13.5. The molecule has 3 nitrogen and oxygen atoms in total. The molecule has 0 fully saturated rings. The summed E-state index contributed by atoms with van der Waals surface area (Å²) in [4.78, 5) is 9.23. The lowest BCUT2D eigenvalue weighted by Gasteiger charge is -2.27. The lowest BCUT2D eigenvalue weighted by atomic mass is 10.1. The lowest BCUT2D eigenvalue weighted by Crippen LogP contribution is -2.34. The minimum Gasteiger partial charge on any atom is -0.278 e. The summed E-state index contributed by atoms with van der Waals surface area (Å²) >= 11 is 5.94. The van der Waals surface area contributed by atoms with E-state index in [4.69, 9.17) is 11.6 Å². The predicted molar refractivity (Wildman–Crippen MR) is 79.5 cm³/mol. The van der Waals surface area contributed by atoms with Gasteiger partial charge in [0.15, 0.2) is 0 Å². The van der Waals surface area contributed by atoms with Crippen molar-refractivity contribution in [3.63, 3.8) is 0 Å². The molecule has 1 aliphatic heterocycles. The van der Waals surface area contributed by atoms with Crippen LogP contribution in [0.1, 0.15) is 23.1 Å². The van der Waals surface area contributed by atoms with E-state index < -0.39 is 12.2 Å². The Kier molecular flexibility index (Phi) is 4.72. The van der Waals surface area contributed by atoms with Gasteiger partial charge in [0.25, 0.3) is 0 Å². The normalized spacial score (nSPS) is 19.1. The van der Waals surface area contributed by atoms with Gasteiger partial charge in [-0.05, 0) is 12.5 Å². The van der Waals surface area contributed by atoms with Gasteiger partial charge < -0.3 is 0 Å². The van der Waals surface area contributed by atoms with E-state index in [1.165, 1.54) is 17.1 Å². The fraction of sp³-hybridized carbons (Fsp3) is 0.333. The van der Waals surface area contributed by atoms with E-state index in [0.717, 1.165) is 0 Å². The zero-order chi connectivity index (χ0) is 16.5. The number of allylic oxidation sites excluding steroid dienone is 2. The summed E-state index contributed by atoms with van der Waals surface area (Å²) in [5.74, 6) is 0.358. The van der Waals surface area contributed by atoms with Gasteiger partial charge in [0.2, 0.25) is 0 Å². The van der Waals surface area contributed by atoms with E-state index in [-0.39, 0.29) is 23.8 Å². The Morgan fingerprint density at radius 3 is 2.64 bits per heavy atom. The Balaban J connectivity index is 2.45. The third-order valence-electron chi connectivity index (χ3n) is 3.37. The molecule has 0 saturated heterocycles. The van der Waals surface area contributed by atoms with E-state index in [1.54, 1.807) is 13.0 Å². The quantitative estimate of drug-likeness (QED) is 0.613. The van der Waals surface area contributed by atoms with E-state index in [9.17, 15) is 13.2 Å². The van der Waals surface area contributed by atoms with Crippen molar-refractivity contribution in [2.24, 2.45) is 0 Å². The highest BCUT2D eigenvalue weighted by Crippen LogP contribution is 2.46. The molecule has 1 aliphatic rings. The van der Waals surface area contributed by atoms with Crippen LogP contribution in [-0.2, 0) is 6.54 Å². The lowest BCUT2D eigenvalue weighted by molar-refractivity contribution is -0.182. The molecule has 1 aromatic heterocycles. The molecule has 0 radical (unpaired) electrons. The summed E-state index contributed by atoms with van der Waals surface area (Å²) in [6.45, 7) is 8.90. The van der Waals surface area contributed by atoms with Gasteiger partial charge in [0, 0.05) is 18.7 Å². The van der Waals surface area contributed by atoms with Crippen LogP contribution in [0.4, 0.5) is 13.2 Å². The molecule has 7 heteroatoms. The smallest absolute Gasteiger partial charge is 0.278 e. The van der Waals surface area contributed by atoms with Gasteiger partial charge in [-0.1, -0.05) is 43.0 Å². The van der Waals surface area contributed by atoms with Gasteiger partial charge >= 0.3 is 6.18 Å². The highest BCUT2D eigenvalue weighted by Gasteiger charge is 2.51. The van der Waals surface area contributed by atoms with Crippen molar-refractivity contribution >= 4 is 11.6 Å². The second kappa shape index (κ2) is 6.22. The first-order valence-corrected chi connectivity index (χ1v) is 6.93. The van der Waals surface area contributed by atoms with Crippen LogP contribution in [0.3, 0.4) is 0 Å². The summed E-state index contributed by atoms with van der Waals surface area (Å²) in [5.41, 5.74) is 0.904. The monoisotopic (exact) mass is 329 g/mol. The average Bonchev–Trinajstić information content (AvgIpc) is 2.76. The summed E-state index contributed by atoms with van der Waals surface area (Å²) < 4.78 is 40.5. The second-order valence-corrected chi connectivity index (χ2v) is 5.31. The fourth-order valence-corrected chi connectivity index (χ4v) is 2.88. The van der Waals surface area contributed by atoms with Crippen molar-refractivity contribution in [2.75, 3.05) is 6.54 Å². The number of halogens is 4. The Labute approximate surface area is 131 Å². The molecule has 0 bridgehead atoms. The van der Waals surface area contributed by atoms with Gasteiger partial charge in [0.1, 0.15) is 17.0 Å². The Morgan fingerprint density at radius 1 is 1.41 bits per heavy atom. The molecule has 118 valence electrons. The van der Waals surface area contributed by atoms with Crippen molar-refractivity contribution < 1.29 is 13.2 Å². The molecular formula is C15H15ClF3N3. The molecule has 22 heavy (non-hydrogen) atoms. The molecular weight excluding hydrogens is 315 g/mol. The van der Waals surface area contributed by atoms with Gasteiger partial charge in [-0.3, -0.25) is 4.90 Å². The topological polar surface area (TPSA) is 29.0 Å². The van der Waals surface area contributed by atoms with Gasteiger partial charge in [-0.2, -0.15) is 13.2 Å². The number of aromatic nitrogens is 2. The van der Waals surface area contributed by atoms with Crippen LogP contribution in [0, 0.1) is 6.92 Å². The molecule has 2 rings (SSSR count). The van der Waals surface area contributed by atoms with Crippen molar-refractivity contribution in [1.82, 2.24) is 14.9 Å². The van der Waals surface area contributed by atoms with Crippen LogP contribution >= 0.6 is 11.6 Å². The maximum Gasteiger partial charge on any atom is 0.408 e. The number of hydrogen-bond acceptors (Lipinski definition) is 3. The first kappa shape index (κ1) is 16.7. The second-order valence-electron chi connectivity index (χ2n) is 4.95. The predicted octanol–water partition coefficient (Wildman–Crippen LogP) is 4.16. The van der Waals surface area contributed by atoms with Crippen LogP contribution in [-0.4, -0.2) is 27.6 Å². The van der Waals surface area contributed by atoms with E-state index in [2.05, 4.69) is 23.1 Å². The number of nitrogens with zero attached hydrogens (tertiary/aromatic N) is 3. The molecule has 1 atom stereocenters. The number of fused-ring (bicyclic) bond motifs is 1. The minimum absolute atomic E-state index is 0.0539. The first-order valence-electron chi connectivity index (χ1n) is 6.55. The van der Waals surface area contributed by atoms with Gasteiger partial charge in [0.05, 0.1) is 5.69 Å². The number of aryl methyl sites for hydroxylation is 1. The highest BCUT2D eigenvalue weighted by molar-refractivity contribution is 6.30. The molecule has 0 amide bonds. The summed E-state index contributed by atoms with van der Waals surface area (Å²) in [7, 11) is 0. The molecule has 0 saturated carbocycles. The van der Waals surface area contributed by atoms with Crippen LogP contribution in [0.2, 0.25) is 5.15 Å². The molecule has 0 spiro atoms. The zero-order valence-corrected chi connectivity index (χ0v) is 12.7. The SMILES string of the molecule is C=C/C=C(\C=C)CN1Cc2nc(C)nc(Cl)c2C1C(F)(F)F. The highest BCUT2D eigenvalue weighted by atomic mass is 35.5. The van der Waals surface area contributed by atoms with Gasteiger partial charge in [-0.15, -0.1) is 0 Å².